The Morgan fingerprint density at radius 1 is 1.03 bits per heavy atom. The second-order valence-corrected chi connectivity index (χ2v) is 9.97. The lowest BCUT2D eigenvalue weighted by Gasteiger charge is -2.23. The molecule has 200 valence electrons. The predicted octanol–water partition coefficient (Wildman–Crippen LogP) is 3.48. The SMILES string of the molecule is COc1ccc(CC(CC(=O)c2nc3ncccc3[nH]2)C(=O)NC(Cc2ccccc2)C(=O)C2(C)CO2)cc1. The third-order valence-corrected chi connectivity index (χ3v) is 6.98. The maximum Gasteiger partial charge on any atom is 0.224 e. The summed E-state index contributed by atoms with van der Waals surface area (Å²) in [5, 5.41) is 2.95. The number of H-pyrrole nitrogens is 1. The van der Waals surface area contributed by atoms with Crippen LogP contribution in [0.2, 0.25) is 0 Å². The molecule has 9 nitrogen and oxygen atoms in total. The monoisotopic (exact) mass is 526 g/mol. The van der Waals surface area contributed by atoms with Crippen LogP contribution in [0.4, 0.5) is 0 Å². The molecule has 0 aliphatic carbocycles. The fraction of sp³-hybridized carbons (Fsp3) is 0.300. The van der Waals surface area contributed by atoms with Crippen LogP contribution in [0.3, 0.4) is 0 Å². The van der Waals surface area contributed by atoms with E-state index in [0.29, 0.717) is 36.4 Å². The summed E-state index contributed by atoms with van der Waals surface area (Å²) in [7, 11) is 1.58. The van der Waals surface area contributed by atoms with E-state index in [4.69, 9.17) is 9.47 Å². The Morgan fingerprint density at radius 2 is 1.74 bits per heavy atom. The van der Waals surface area contributed by atoms with Crippen LogP contribution >= 0.6 is 0 Å². The van der Waals surface area contributed by atoms with Crippen molar-refractivity contribution in [3.05, 3.63) is 89.9 Å². The van der Waals surface area contributed by atoms with Crippen molar-refractivity contribution in [1.29, 1.82) is 0 Å². The van der Waals surface area contributed by atoms with Crippen LogP contribution in [0.5, 0.6) is 5.75 Å². The molecule has 5 rings (SSSR count). The highest BCUT2D eigenvalue weighted by Crippen LogP contribution is 2.29. The number of nitrogens with zero attached hydrogens (tertiary/aromatic N) is 2. The molecule has 2 aromatic carbocycles. The Kier molecular flexibility index (Phi) is 7.51. The number of nitrogens with one attached hydrogen (secondary N) is 2. The van der Waals surface area contributed by atoms with Crippen LogP contribution in [-0.2, 0) is 27.2 Å². The number of Topliss-reactive ketones (excluding diaryl/α,β-unsaturated/α-hetero) is 2. The van der Waals surface area contributed by atoms with Crippen LogP contribution in [0.1, 0.15) is 35.1 Å². The summed E-state index contributed by atoms with van der Waals surface area (Å²) in [5.41, 5.74) is 1.94. The van der Waals surface area contributed by atoms with Gasteiger partial charge in [-0.15, -0.1) is 0 Å². The van der Waals surface area contributed by atoms with Crippen LogP contribution < -0.4 is 10.1 Å². The van der Waals surface area contributed by atoms with Crippen LogP contribution in [0.25, 0.3) is 11.2 Å². The van der Waals surface area contributed by atoms with Crippen molar-refractivity contribution in [2.45, 2.75) is 37.8 Å². The number of amides is 1. The number of aromatic amines is 1. The Labute approximate surface area is 226 Å². The van der Waals surface area contributed by atoms with Crippen molar-refractivity contribution in [1.82, 2.24) is 20.3 Å². The fourth-order valence-corrected chi connectivity index (χ4v) is 4.57. The number of pyridine rings is 1. The molecule has 2 aromatic heterocycles. The Bertz CT molecular complexity index is 1450. The van der Waals surface area contributed by atoms with E-state index in [1.54, 1.807) is 32.4 Å². The van der Waals surface area contributed by atoms with Gasteiger partial charge < -0.3 is 19.8 Å². The molecule has 1 aliphatic heterocycles. The molecule has 9 heteroatoms. The average molecular weight is 527 g/mol. The van der Waals surface area contributed by atoms with Crippen LogP contribution in [0.15, 0.2) is 72.9 Å². The van der Waals surface area contributed by atoms with Gasteiger partial charge in [0.05, 0.1) is 25.3 Å². The second-order valence-electron chi connectivity index (χ2n) is 9.97. The number of aromatic nitrogens is 3. The highest BCUT2D eigenvalue weighted by atomic mass is 16.6. The number of epoxide rings is 1. The molecular formula is C30H30N4O5. The minimum absolute atomic E-state index is 0.0995. The molecule has 3 heterocycles. The van der Waals surface area contributed by atoms with Crippen LogP contribution in [-0.4, -0.2) is 57.8 Å². The highest BCUT2D eigenvalue weighted by molar-refractivity contribution is 6.00. The third-order valence-electron chi connectivity index (χ3n) is 6.98. The number of ether oxygens (including phenoxy) is 2. The van der Waals surface area contributed by atoms with Gasteiger partial charge in [-0.25, -0.2) is 9.97 Å². The number of ketones is 2. The molecule has 4 aromatic rings. The van der Waals surface area contributed by atoms with Crippen molar-refractivity contribution in [2.24, 2.45) is 5.92 Å². The molecule has 39 heavy (non-hydrogen) atoms. The van der Waals surface area contributed by atoms with Gasteiger partial charge in [0, 0.05) is 18.5 Å². The molecule has 1 saturated heterocycles. The van der Waals surface area contributed by atoms with E-state index >= 15 is 0 Å². The number of methoxy groups -OCH3 is 1. The molecule has 1 amide bonds. The summed E-state index contributed by atoms with van der Waals surface area (Å²) in [4.78, 5) is 51.8. The smallest absolute Gasteiger partial charge is 0.224 e. The number of hydrogen-bond donors (Lipinski definition) is 2. The lowest BCUT2D eigenvalue weighted by Crippen LogP contribution is -2.49. The molecule has 0 saturated carbocycles. The molecule has 2 N–H and O–H groups in total. The fourth-order valence-electron chi connectivity index (χ4n) is 4.57. The lowest BCUT2D eigenvalue weighted by atomic mass is 9.90. The summed E-state index contributed by atoms with van der Waals surface area (Å²) < 4.78 is 10.6. The zero-order valence-electron chi connectivity index (χ0n) is 21.8. The zero-order valence-corrected chi connectivity index (χ0v) is 21.8. The van der Waals surface area contributed by atoms with Gasteiger partial charge in [-0.3, -0.25) is 14.4 Å². The van der Waals surface area contributed by atoms with Gasteiger partial charge in [-0.1, -0.05) is 42.5 Å². The lowest BCUT2D eigenvalue weighted by molar-refractivity contribution is -0.132. The van der Waals surface area contributed by atoms with Crippen LogP contribution in [0, 0.1) is 5.92 Å². The summed E-state index contributed by atoms with van der Waals surface area (Å²) in [6.45, 7) is 2.05. The largest absolute Gasteiger partial charge is 0.497 e. The van der Waals surface area contributed by atoms with E-state index < -0.39 is 17.6 Å². The van der Waals surface area contributed by atoms with Crippen molar-refractivity contribution < 1.29 is 23.9 Å². The normalized spacial score (nSPS) is 17.8. The highest BCUT2D eigenvalue weighted by Gasteiger charge is 2.50. The first-order valence-electron chi connectivity index (χ1n) is 12.8. The van der Waals surface area contributed by atoms with Crippen molar-refractivity contribution in [3.8, 4) is 5.75 Å². The Morgan fingerprint density at radius 3 is 2.41 bits per heavy atom. The van der Waals surface area contributed by atoms with E-state index in [1.165, 1.54) is 0 Å². The molecule has 1 aliphatic rings. The van der Waals surface area contributed by atoms with E-state index in [-0.39, 0.29) is 29.7 Å². The van der Waals surface area contributed by atoms with Gasteiger partial charge >= 0.3 is 0 Å². The minimum Gasteiger partial charge on any atom is -0.497 e. The van der Waals surface area contributed by atoms with Gasteiger partial charge in [-0.05, 0) is 55.2 Å². The molecule has 3 atom stereocenters. The van der Waals surface area contributed by atoms with Gasteiger partial charge in [0.1, 0.15) is 11.4 Å². The topological polar surface area (TPSA) is 127 Å². The van der Waals surface area contributed by atoms with Gasteiger partial charge in [0.15, 0.2) is 23.0 Å². The molecular weight excluding hydrogens is 496 g/mol. The van der Waals surface area contributed by atoms with Crippen molar-refractivity contribution in [2.75, 3.05) is 13.7 Å². The number of rotatable bonds is 12. The van der Waals surface area contributed by atoms with Crippen molar-refractivity contribution >= 4 is 28.6 Å². The Balaban J connectivity index is 1.39. The summed E-state index contributed by atoms with van der Waals surface area (Å²) in [6, 6.07) is 19.6. The number of carbonyl (C=O) groups is 3. The molecule has 0 radical (unpaired) electrons. The molecule has 3 unspecified atom stereocenters. The third kappa shape index (κ3) is 6.21. The first-order chi connectivity index (χ1) is 18.8. The number of benzene rings is 2. The number of hydrogen-bond acceptors (Lipinski definition) is 7. The van der Waals surface area contributed by atoms with E-state index in [9.17, 15) is 14.4 Å². The maximum atomic E-state index is 13.7. The summed E-state index contributed by atoms with van der Waals surface area (Å²) >= 11 is 0. The zero-order chi connectivity index (χ0) is 27.4. The quantitative estimate of drug-likeness (QED) is 0.214. The average Bonchev–Trinajstić information content (AvgIpc) is 3.56. The first-order valence-corrected chi connectivity index (χ1v) is 12.8. The molecule has 1 fully saturated rings. The molecule has 0 bridgehead atoms. The van der Waals surface area contributed by atoms with Gasteiger partial charge in [0.25, 0.3) is 0 Å². The Hall–Kier alpha value is -4.37. The van der Waals surface area contributed by atoms with Gasteiger partial charge in [0.2, 0.25) is 5.91 Å². The standard InChI is InChI=1S/C30H30N4O5/c1-30(18-39-30)26(36)24(16-19-7-4-3-5-8-19)33-29(37)21(15-20-10-12-22(38-2)13-11-20)17-25(35)28-32-23-9-6-14-31-27(23)34-28/h3-14,21,24H,15-18H2,1-2H3,(H,33,37)(H,31,32,34). The summed E-state index contributed by atoms with van der Waals surface area (Å²) in [6.07, 6.45) is 2.12. The number of fused-ring (bicyclic) bond motifs is 1. The molecule has 0 spiro atoms. The minimum atomic E-state index is -0.907. The summed E-state index contributed by atoms with van der Waals surface area (Å²) in [5.74, 6) is -0.787. The van der Waals surface area contributed by atoms with E-state index in [0.717, 1.165) is 11.1 Å². The van der Waals surface area contributed by atoms with E-state index in [1.807, 2.05) is 54.6 Å². The van der Waals surface area contributed by atoms with Gasteiger partial charge in [-0.2, -0.15) is 0 Å². The van der Waals surface area contributed by atoms with Crippen molar-refractivity contribution in [3.63, 3.8) is 0 Å². The number of imidazole rings is 1. The first kappa shape index (κ1) is 26.2. The predicted molar refractivity (Wildman–Crippen MR) is 144 cm³/mol. The van der Waals surface area contributed by atoms with E-state index in [2.05, 4.69) is 20.3 Å². The number of carbonyl (C=O) groups excluding carboxylic acids is 3. The second kappa shape index (κ2) is 11.2. The maximum absolute atomic E-state index is 13.7.